The highest BCUT2D eigenvalue weighted by molar-refractivity contribution is 5.81. The molecule has 0 aromatic heterocycles. The Bertz CT molecular complexity index is 439. The van der Waals surface area contributed by atoms with Gasteiger partial charge in [0, 0.05) is 31.9 Å². The van der Waals surface area contributed by atoms with Crippen molar-refractivity contribution in [3.05, 3.63) is 29.8 Å². The van der Waals surface area contributed by atoms with Crippen LogP contribution in [0.5, 0.6) is 0 Å². The molecule has 4 heteroatoms. The lowest BCUT2D eigenvalue weighted by Gasteiger charge is -2.31. The van der Waals surface area contributed by atoms with Crippen molar-refractivity contribution in [2.75, 3.05) is 37.7 Å². The van der Waals surface area contributed by atoms with E-state index in [-0.39, 0.29) is 12.5 Å². The van der Waals surface area contributed by atoms with E-state index >= 15 is 0 Å². The highest BCUT2D eigenvalue weighted by Gasteiger charge is 2.19. The Balaban J connectivity index is 2.01. The number of likely N-dealkylation sites (tertiary alicyclic amines) is 1. The number of benzene rings is 1. The molecule has 0 saturated carbocycles. The predicted molar refractivity (Wildman–Crippen MR) is 85.5 cm³/mol. The van der Waals surface area contributed by atoms with E-state index in [4.69, 9.17) is 5.11 Å². The summed E-state index contributed by atoms with van der Waals surface area (Å²) in [5.41, 5.74) is 2.27. The molecule has 21 heavy (non-hydrogen) atoms. The van der Waals surface area contributed by atoms with Crippen LogP contribution in [0.3, 0.4) is 0 Å². The second-order valence-electron chi connectivity index (χ2n) is 5.78. The Morgan fingerprint density at radius 2 is 1.86 bits per heavy atom. The summed E-state index contributed by atoms with van der Waals surface area (Å²) >= 11 is 0. The first kappa shape index (κ1) is 15.8. The summed E-state index contributed by atoms with van der Waals surface area (Å²) in [7, 11) is 0. The minimum atomic E-state index is 0.153. The molecule has 1 aromatic carbocycles. The predicted octanol–water partition coefficient (Wildman–Crippen LogP) is 2.20. The average Bonchev–Trinajstić information content (AvgIpc) is 2.53. The Kier molecular flexibility index (Phi) is 6.05. The number of hydrogen-bond acceptors (Lipinski definition) is 3. The number of piperidine rings is 1. The maximum Gasteiger partial charge on any atom is 0.242 e. The normalized spacial score (nSPS) is 15.0. The van der Waals surface area contributed by atoms with Crippen LogP contribution >= 0.6 is 0 Å². The molecular formula is C17H26N2O2. The molecule has 1 aliphatic heterocycles. The van der Waals surface area contributed by atoms with E-state index in [1.54, 1.807) is 0 Å². The van der Waals surface area contributed by atoms with Gasteiger partial charge in [-0.25, -0.2) is 0 Å². The summed E-state index contributed by atoms with van der Waals surface area (Å²) in [5.74, 6) is 0.202. The molecule has 1 saturated heterocycles. The van der Waals surface area contributed by atoms with Gasteiger partial charge in [0.15, 0.2) is 0 Å². The molecule has 0 unspecified atom stereocenters. The fraction of sp³-hybridized carbons (Fsp3) is 0.588. The lowest BCUT2D eigenvalue weighted by atomic mass is 10.1. The number of aliphatic hydroxyl groups is 1. The van der Waals surface area contributed by atoms with Crippen LogP contribution in [0, 0.1) is 6.92 Å². The van der Waals surface area contributed by atoms with E-state index in [0.717, 1.165) is 31.6 Å². The van der Waals surface area contributed by atoms with Crippen molar-refractivity contribution in [3.8, 4) is 0 Å². The highest BCUT2D eigenvalue weighted by Crippen LogP contribution is 2.17. The Labute approximate surface area is 127 Å². The Morgan fingerprint density at radius 3 is 2.48 bits per heavy atom. The molecule has 2 rings (SSSR count). The number of rotatable bonds is 6. The molecule has 1 amide bonds. The van der Waals surface area contributed by atoms with Crippen LogP contribution in [-0.2, 0) is 4.79 Å². The number of amides is 1. The Hall–Kier alpha value is -1.55. The molecule has 1 N–H and O–H groups in total. The van der Waals surface area contributed by atoms with Gasteiger partial charge < -0.3 is 14.9 Å². The SMILES string of the molecule is Cc1ccc(N(CCCO)CC(=O)N2CCCCC2)cc1. The van der Waals surface area contributed by atoms with Gasteiger partial charge in [-0.2, -0.15) is 0 Å². The molecule has 0 spiro atoms. The topological polar surface area (TPSA) is 43.8 Å². The molecule has 0 atom stereocenters. The van der Waals surface area contributed by atoms with E-state index < -0.39 is 0 Å². The third-order valence-electron chi connectivity index (χ3n) is 4.02. The fourth-order valence-electron chi connectivity index (χ4n) is 2.72. The van der Waals surface area contributed by atoms with Gasteiger partial charge in [-0.15, -0.1) is 0 Å². The summed E-state index contributed by atoms with van der Waals surface area (Å²) in [6, 6.07) is 8.23. The van der Waals surface area contributed by atoms with Crippen molar-refractivity contribution in [2.24, 2.45) is 0 Å². The van der Waals surface area contributed by atoms with Crippen molar-refractivity contribution >= 4 is 11.6 Å². The van der Waals surface area contributed by atoms with Crippen LogP contribution in [0.25, 0.3) is 0 Å². The molecule has 1 aromatic rings. The van der Waals surface area contributed by atoms with E-state index in [2.05, 4.69) is 36.1 Å². The van der Waals surface area contributed by atoms with Crippen molar-refractivity contribution in [2.45, 2.75) is 32.6 Å². The second kappa shape index (κ2) is 8.03. The van der Waals surface area contributed by atoms with Crippen LogP contribution in [0.15, 0.2) is 24.3 Å². The van der Waals surface area contributed by atoms with E-state index in [1.807, 2.05) is 4.90 Å². The highest BCUT2D eigenvalue weighted by atomic mass is 16.3. The molecule has 0 radical (unpaired) electrons. The molecule has 116 valence electrons. The van der Waals surface area contributed by atoms with Crippen molar-refractivity contribution < 1.29 is 9.90 Å². The third-order valence-corrected chi connectivity index (χ3v) is 4.02. The maximum absolute atomic E-state index is 12.4. The zero-order chi connectivity index (χ0) is 15.1. The molecule has 0 bridgehead atoms. The van der Waals surface area contributed by atoms with Crippen LogP contribution in [-0.4, -0.2) is 48.7 Å². The summed E-state index contributed by atoms with van der Waals surface area (Å²) in [6.07, 6.45) is 4.15. The van der Waals surface area contributed by atoms with Gasteiger partial charge in [-0.1, -0.05) is 17.7 Å². The molecule has 0 aliphatic carbocycles. The maximum atomic E-state index is 12.4. The van der Waals surface area contributed by atoms with Crippen molar-refractivity contribution in [3.63, 3.8) is 0 Å². The third kappa shape index (κ3) is 4.74. The van der Waals surface area contributed by atoms with Gasteiger partial charge in [-0.05, 0) is 44.7 Å². The van der Waals surface area contributed by atoms with Gasteiger partial charge in [0.2, 0.25) is 5.91 Å². The number of anilines is 1. The van der Waals surface area contributed by atoms with Gasteiger partial charge in [0.25, 0.3) is 0 Å². The van der Waals surface area contributed by atoms with Crippen LogP contribution in [0.4, 0.5) is 5.69 Å². The first-order valence-corrected chi connectivity index (χ1v) is 7.91. The number of nitrogens with zero attached hydrogens (tertiary/aromatic N) is 2. The summed E-state index contributed by atoms with van der Waals surface area (Å²) in [6.45, 7) is 5.10. The summed E-state index contributed by atoms with van der Waals surface area (Å²) < 4.78 is 0. The van der Waals surface area contributed by atoms with Gasteiger partial charge in [-0.3, -0.25) is 4.79 Å². The fourth-order valence-corrected chi connectivity index (χ4v) is 2.72. The minimum Gasteiger partial charge on any atom is -0.396 e. The first-order chi connectivity index (χ1) is 10.2. The van der Waals surface area contributed by atoms with Crippen LogP contribution in [0.2, 0.25) is 0 Å². The largest absolute Gasteiger partial charge is 0.396 e. The zero-order valence-electron chi connectivity index (χ0n) is 12.9. The van der Waals surface area contributed by atoms with Gasteiger partial charge in [0.1, 0.15) is 0 Å². The molecular weight excluding hydrogens is 264 g/mol. The summed E-state index contributed by atoms with van der Waals surface area (Å²) in [5, 5.41) is 9.07. The lowest BCUT2D eigenvalue weighted by Crippen LogP contribution is -2.43. The number of aliphatic hydroxyl groups excluding tert-OH is 1. The molecule has 1 aliphatic rings. The van der Waals surface area contributed by atoms with Gasteiger partial charge in [0.05, 0.1) is 6.54 Å². The number of carbonyl (C=O) groups excluding carboxylic acids is 1. The summed E-state index contributed by atoms with van der Waals surface area (Å²) in [4.78, 5) is 16.5. The van der Waals surface area contributed by atoms with Crippen LogP contribution < -0.4 is 4.90 Å². The van der Waals surface area contributed by atoms with E-state index in [0.29, 0.717) is 19.5 Å². The second-order valence-corrected chi connectivity index (χ2v) is 5.78. The molecule has 1 heterocycles. The number of carbonyl (C=O) groups is 1. The monoisotopic (exact) mass is 290 g/mol. The molecule has 1 fully saturated rings. The number of aryl methyl sites for hydroxylation is 1. The quantitative estimate of drug-likeness (QED) is 0.873. The smallest absolute Gasteiger partial charge is 0.242 e. The number of hydrogen-bond donors (Lipinski definition) is 1. The first-order valence-electron chi connectivity index (χ1n) is 7.91. The molecule has 4 nitrogen and oxygen atoms in total. The minimum absolute atomic E-state index is 0.153. The standard InChI is InChI=1S/C17H26N2O2/c1-15-6-8-16(9-7-15)19(12-5-13-20)14-17(21)18-10-3-2-4-11-18/h6-9,20H,2-5,10-14H2,1H3. The Morgan fingerprint density at radius 1 is 1.19 bits per heavy atom. The lowest BCUT2D eigenvalue weighted by molar-refractivity contribution is -0.130. The van der Waals surface area contributed by atoms with Gasteiger partial charge >= 0.3 is 0 Å². The van der Waals surface area contributed by atoms with Crippen LogP contribution in [0.1, 0.15) is 31.2 Å². The van der Waals surface area contributed by atoms with Crippen molar-refractivity contribution in [1.82, 2.24) is 4.90 Å². The zero-order valence-corrected chi connectivity index (χ0v) is 12.9. The van der Waals surface area contributed by atoms with Crippen molar-refractivity contribution in [1.29, 1.82) is 0 Å². The van der Waals surface area contributed by atoms with E-state index in [1.165, 1.54) is 12.0 Å². The van der Waals surface area contributed by atoms with E-state index in [9.17, 15) is 4.79 Å². The average molecular weight is 290 g/mol.